The highest BCUT2D eigenvalue weighted by Crippen LogP contribution is 2.22. The predicted molar refractivity (Wildman–Crippen MR) is 66.4 cm³/mol. The molecule has 92 valence electrons. The lowest BCUT2D eigenvalue weighted by Gasteiger charge is -2.08. The Balaban J connectivity index is 2.92. The van der Waals surface area contributed by atoms with Crippen LogP contribution in [0, 0.1) is 10.1 Å². The molecule has 0 saturated carbocycles. The molecule has 1 N–H and O–H groups in total. The summed E-state index contributed by atoms with van der Waals surface area (Å²) in [5.74, 6) is 0.0591. The molecule has 0 aliphatic carbocycles. The van der Waals surface area contributed by atoms with Crippen molar-refractivity contribution >= 4 is 28.9 Å². The molecule has 0 fully saturated rings. The molecule has 17 heavy (non-hydrogen) atoms. The van der Waals surface area contributed by atoms with Crippen molar-refractivity contribution < 1.29 is 9.72 Å². The molecule has 0 heterocycles. The molecular formula is C11H13ClN2O3. The second-order valence-electron chi connectivity index (χ2n) is 3.44. The van der Waals surface area contributed by atoms with E-state index < -0.39 is 4.92 Å². The van der Waals surface area contributed by atoms with Gasteiger partial charge >= 0.3 is 0 Å². The summed E-state index contributed by atoms with van der Waals surface area (Å²) >= 11 is 5.45. The van der Waals surface area contributed by atoms with Crippen LogP contribution in [0.3, 0.4) is 0 Å². The molecule has 5 nitrogen and oxygen atoms in total. The molecular weight excluding hydrogens is 244 g/mol. The summed E-state index contributed by atoms with van der Waals surface area (Å²) in [5.41, 5.74) is 1.37. The van der Waals surface area contributed by atoms with Gasteiger partial charge in [-0.05, 0) is 18.1 Å². The monoisotopic (exact) mass is 256 g/mol. The zero-order chi connectivity index (χ0) is 12.8. The number of alkyl halides is 1. The van der Waals surface area contributed by atoms with Gasteiger partial charge in [0.2, 0.25) is 5.91 Å². The smallest absolute Gasteiger partial charge is 0.269 e. The first-order valence-electron chi connectivity index (χ1n) is 5.21. The Morgan fingerprint density at radius 1 is 1.53 bits per heavy atom. The van der Waals surface area contributed by atoms with E-state index in [0.29, 0.717) is 12.1 Å². The van der Waals surface area contributed by atoms with Gasteiger partial charge in [-0.25, -0.2) is 0 Å². The fourth-order valence-corrected chi connectivity index (χ4v) is 1.58. The molecule has 0 bridgehead atoms. The summed E-state index contributed by atoms with van der Waals surface area (Å²) in [4.78, 5) is 21.5. The average molecular weight is 257 g/mol. The van der Waals surface area contributed by atoms with Crippen molar-refractivity contribution in [2.75, 3.05) is 11.2 Å². The minimum atomic E-state index is -0.455. The van der Waals surface area contributed by atoms with Crippen LogP contribution in [0.1, 0.15) is 18.9 Å². The summed E-state index contributed by atoms with van der Waals surface area (Å²) in [6, 6.07) is 4.38. The van der Waals surface area contributed by atoms with E-state index in [1.54, 1.807) is 6.07 Å². The molecule has 6 heteroatoms. The number of benzene rings is 1. The summed E-state index contributed by atoms with van der Waals surface area (Å²) in [6.45, 7) is 1.87. The van der Waals surface area contributed by atoms with Crippen molar-refractivity contribution in [1.82, 2.24) is 0 Å². The molecule has 0 radical (unpaired) electrons. The number of aryl methyl sites for hydroxylation is 1. The van der Waals surface area contributed by atoms with E-state index >= 15 is 0 Å². The molecule has 1 amide bonds. The first-order chi connectivity index (χ1) is 8.08. The summed E-state index contributed by atoms with van der Waals surface area (Å²) in [7, 11) is 0. The van der Waals surface area contributed by atoms with Gasteiger partial charge in [-0.1, -0.05) is 6.92 Å². The van der Waals surface area contributed by atoms with Crippen LogP contribution in [0.5, 0.6) is 0 Å². The number of nitro groups is 1. The van der Waals surface area contributed by atoms with Crippen LogP contribution in [0.25, 0.3) is 0 Å². The number of carbonyl (C=O) groups is 1. The maximum absolute atomic E-state index is 11.4. The normalized spacial score (nSPS) is 10.0. The minimum absolute atomic E-state index is 0.0252. The van der Waals surface area contributed by atoms with Gasteiger partial charge in [-0.15, -0.1) is 11.6 Å². The SMILES string of the molecule is CCc1cc([N+](=O)[O-])ccc1NC(=O)CCCl. The van der Waals surface area contributed by atoms with Gasteiger partial charge in [-0.2, -0.15) is 0 Å². The molecule has 0 atom stereocenters. The Labute approximate surface area is 104 Å². The van der Waals surface area contributed by atoms with E-state index in [-0.39, 0.29) is 23.9 Å². The molecule has 0 saturated heterocycles. The number of anilines is 1. The minimum Gasteiger partial charge on any atom is -0.326 e. The number of nitrogens with zero attached hydrogens (tertiary/aromatic N) is 1. The summed E-state index contributed by atoms with van der Waals surface area (Å²) < 4.78 is 0. The van der Waals surface area contributed by atoms with Crippen molar-refractivity contribution in [2.24, 2.45) is 0 Å². The highest BCUT2D eigenvalue weighted by Gasteiger charge is 2.11. The standard InChI is InChI=1S/C11H13ClN2O3/c1-2-8-7-9(14(16)17)3-4-10(8)13-11(15)5-6-12/h3-4,7H,2,5-6H2,1H3,(H,13,15). The fourth-order valence-electron chi connectivity index (χ4n) is 1.41. The van der Waals surface area contributed by atoms with Crippen molar-refractivity contribution in [1.29, 1.82) is 0 Å². The van der Waals surface area contributed by atoms with Gasteiger partial charge < -0.3 is 5.32 Å². The number of nitrogens with one attached hydrogen (secondary N) is 1. The number of non-ortho nitro benzene ring substituents is 1. The maximum atomic E-state index is 11.4. The first-order valence-corrected chi connectivity index (χ1v) is 5.75. The van der Waals surface area contributed by atoms with Crippen LogP contribution < -0.4 is 5.32 Å². The van der Waals surface area contributed by atoms with E-state index in [1.807, 2.05) is 6.92 Å². The predicted octanol–water partition coefficient (Wildman–Crippen LogP) is 2.72. The Morgan fingerprint density at radius 2 is 2.24 bits per heavy atom. The van der Waals surface area contributed by atoms with Gasteiger partial charge in [0.15, 0.2) is 0 Å². The molecule has 0 aromatic heterocycles. The van der Waals surface area contributed by atoms with Gasteiger partial charge in [-0.3, -0.25) is 14.9 Å². The van der Waals surface area contributed by atoms with E-state index in [2.05, 4.69) is 5.32 Å². The van der Waals surface area contributed by atoms with Gasteiger partial charge in [0.1, 0.15) is 0 Å². The molecule has 0 aliphatic rings. The third-order valence-electron chi connectivity index (χ3n) is 2.28. The van der Waals surface area contributed by atoms with Crippen LogP contribution in [0.4, 0.5) is 11.4 Å². The van der Waals surface area contributed by atoms with Gasteiger partial charge in [0.05, 0.1) is 4.92 Å². The lowest BCUT2D eigenvalue weighted by atomic mass is 10.1. The number of nitro benzene ring substituents is 1. The molecule has 0 spiro atoms. The lowest BCUT2D eigenvalue weighted by Crippen LogP contribution is -2.13. The van der Waals surface area contributed by atoms with Crippen LogP contribution in [-0.2, 0) is 11.2 Å². The average Bonchev–Trinajstić information content (AvgIpc) is 2.29. The third kappa shape index (κ3) is 3.71. The van der Waals surface area contributed by atoms with Crippen LogP contribution in [0.15, 0.2) is 18.2 Å². The van der Waals surface area contributed by atoms with Crippen molar-refractivity contribution in [3.8, 4) is 0 Å². The summed E-state index contributed by atoms with van der Waals surface area (Å²) in [6.07, 6.45) is 0.833. The van der Waals surface area contributed by atoms with Crippen LogP contribution in [-0.4, -0.2) is 16.7 Å². The van der Waals surface area contributed by atoms with Crippen molar-refractivity contribution in [3.05, 3.63) is 33.9 Å². The zero-order valence-electron chi connectivity index (χ0n) is 9.40. The zero-order valence-corrected chi connectivity index (χ0v) is 10.2. The Morgan fingerprint density at radius 3 is 2.76 bits per heavy atom. The number of carbonyl (C=O) groups excluding carboxylic acids is 1. The molecule has 1 rings (SSSR count). The van der Waals surface area contributed by atoms with E-state index in [9.17, 15) is 14.9 Å². The highest BCUT2D eigenvalue weighted by molar-refractivity contribution is 6.19. The van der Waals surface area contributed by atoms with E-state index in [4.69, 9.17) is 11.6 Å². The maximum Gasteiger partial charge on any atom is 0.269 e. The molecule has 1 aromatic carbocycles. The molecule has 0 aliphatic heterocycles. The topological polar surface area (TPSA) is 72.2 Å². The second-order valence-corrected chi connectivity index (χ2v) is 3.82. The Hall–Kier alpha value is -1.62. The van der Waals surface area contributed by atoms with E-state index in [0.717, 1.165) is 5.56 Å². The number of rotatable bonds is 5. The third-order valence-corrected chi connectivity index (χ3v) is 2.47. The Kier molecular flexibility index (Phi) is 4.90. The second kappa shape index (κ2) is 6.20. The lowest BCUT2D eigenvalue weighted by molar-refractivity contribution is -0.384. The van der Waals surface area contributed by atoms with Crippen molar-refractivity contribution in [3.63, 3.8) is 0 Å². The first kappa shape index (κ1) is 13.4. The fraction of sp³-hybridized carbons (Fsp3) is 0.364. The highest BCUT2D eigenvalue weighted by atomic mass is 35.5. The Bertz CT molecular complexity index is 435. The molecule has 0 unspecified atom stereocenters. The largest absolute Gasteiger partial charge is 0.326 e. The van der Waals surface area contributed by atoms with E-state index in [1.165, 1.54) is 12.1 Å². The number of halogens is 1. The summed E-state index contributed by atoms with van der Waals surface area (Å²) in [5, 5.41) is 13.3. The van der Waals surface area contributed by atoms with Crippen LogP contribution >= 0.6 is 11.6 Å². The van der Waals surface area contributed by atoms with Crippen molar-refractivity contribution in [2.45, 2.75) is 19.8 Å². The van der Waals surface area contributed by atoms with Gasteiger partial charge in [0.25, 0.3) is 5.69 Å². The quantitative estimate of drug-likeness (QED) is 0.500. The van der Waals surface area contributed by atoms with Crippen LogP contribution in [0.2, 0.25) is 0 Å². The van der Waals surface area contributed by atoms with Gasteiger partial charge in [0, 0.05) is 30.1 Å². The molecule has 1 aromatic rings. The number of hydrogen-bond donors (Lipinski definition) is 1. The number of amides is 1. The number of hydrogen-bond acceptors (Lipinski definition) is 3.